The molecule has 2 rings (SSSR count). The molecule has 1 heterocycles. The maximum absolute atomic E-state index is 12.4. The SMILES string of the molecule is CO[Si](CO)(CO)CCCNC(=O)c1ccc(-c2nc(C(Cl)(Cl)Cl)nc(C(Cl)(Cl)Cl)n2)cc1. The standard InChI is InChI=1S/C18H20Cl6N4O4Si/c1-32-33(9-29,10-30)8-2-7-25-14(31)12-5-3-11(4-6-12)13-26-15(17(19,20)21)28-16(27-13)18(22,23)24/h3-6,29-30H,2,7-10H2,1H3,(H,25,31). The van der Waals surface area contributed by atoms with E-state index in [9.17, 15) is 15.0 Å². The average Bonchev–Trinajstić information content (AvgIpc) is 2.78. The number of nitrogens with zero attached hydrogens (tertiary/aromatic N) is 3. The van der Waals surface area contributed by atoms with Gasteiger partial charge in [-0.3, -0.25) is 4.79 Å². The number of nitrogens with one attached hydrogen (secondary N) is 1. The maximum Gasteiger partial charge on any atom is 0.251 e. The lowest BCUT2D eigenvalue weighted by Gasteiger charge is -2.25. The molecule has 33 heavy (non-hydrogen) atoms. The van der Waals surface area contributed by atoms with Gasteiger partial charge in [-0.25, -0.2) is 15.0 Å². The monoisotopic (exact) mass is 594 g/mol. The summed E-state index contributed by atoms with van der Waals surface area (Å²) in [5, 5.41) is 21.7. The van der Waals surface area contributed by atoms with Gasteiger partial charge in [0, 0.05) is 24.8 Å². The van der Waals surface area contributed by atoms with E-state index < -0.39 is 15.9 Å². The first-order valence-electron chi connectivity index (χ1n) is 9.41. The van der Waals surface area contributed by atoms with Crippen molar-refractivity contribution >= 4 is 83.8 Å². The van der Waals surface area contributed by atoms with Crippen LogP contribution in [0.5, 0.6) is 0 Å². The molecule has 0 unspecified atom stereocenters. The Morgan fingerprint density at radius 1 is 0.970 bits per heavy atom. The van der Waals surface area contributed by atoms with Gasteiger partial charge in [-0.05, 0) is 24.6 Å². The largest absolute Gasteiger partial charge is 0.415 e. The minimum atomic E-state index is -2.57. The van der Waals surface area contributed by atoms with Gasteiger partial charge in [-0.15, -0.1) is 0 Å². The van der Waals surface area contributed by atoms with Gasteiger partial charge in [0.1, 0.15) is 0 Å². The average molecular weight is 597 g/mol. The van der Waals surface area contributed by atoms with Crippen LogP contribution in [0.25, 0.3) is 11.4 Å². The quantitative estimate of drug-likeness (QED) is 0.228. The van der Waals surface area contributed by atoms with Gasteiger partial charge >= 0.3 is 0 Å². The molecule has 0 saturated carbocycles. The molecular formula is C18H20Cl6N4O4Si. The Morgan fingerprint density at radius 2 is 1.48 bits per heavy atom. The third-order valence-electron chi connectivity index (χ3n) is 4.65. The molecule has 0 aliphatic carbocycles. The Morgan fingerprint density at radius 3 is 1.91 bits per heavy atom. The van der Waals surface area contributed by atoms with E-state index in [2.05, 4.69) is 20.3 Å². The van der Waals surface area contributed by atoms with Crippen molar-refractivity contribution in [1.82, 2.24) is 20.3 Å². The molecule has 0 aliphatic heterocycles. The number of benzene rings is 1. The number of aliphatic hydroxyl groups excluding tert-OH is 2. The fourth-order valence-electron chi connectivity index (χ4n) is 2.68. The first kappa shape index (κ1) is 28.8. The highest BCUT2D eigenvalue weighted by atomic mass is 35.6. The van der Waals surface area contributed by atoms with Crippen LogP contribution < -0.4 is 5.32 Å². The highest BCUT2D eigenvalue weighted by Crippen LogP contribution is 2.40. The minimum Gasteiger partial charge on any atom is -0.415 e. The molecule has 0 bridgehead atoms. The molecule has 1 aromatic carbocycles. The fourth-order valence-corrected chi connectivity index (χ4v) is 4.89. The van der Waals surface area contributed by atoms with Crippen LogP contribution in [0.2, 0.25) is 6.04 Å². The lowest BCUT2D eigenvalue weighted by atomic mass is 10.1. The lowest BCUT2D eigenvalue weighted by Crippen LogP contribution is -2.47. The normalized spacial score (nSPS) is 12.6. The number of carbonyl (C=O) groups is 1. The van der Waals surface area contributed by atoms with Crippen molar-refractivity contribution in [2.75, 3.05) is 26.1 Å². The van der Waals surface area contributed by atoms with Crippen molar-refractivity contribution in [2.45, 2.75) is 20.0 Å². The van der Waals surface area contributed by atoms with Gasteiger partial charge in [-0.2, -0.15) is 0 Å². The van der Waals surface area contributed by atoms with Crippen LogP contribution in [-0.2, 0) is 12.0 Å². The second kappa shape index (κ2) is 12.0. The topological polar surface area (TPSA) is 117 Å². The minimum absolute atomic E-state index is 0.0912. The maximum atomic E-state index is 12.4. The summed E-state index contributed by atoms with van der Waals surface area (Å²) in [5.74, 6) is -0.656. The number of alkyl halides is 6. The Labute approximate surface area is 221 Å². The van der Waals surface area contributed by atoms with E-state index in [0.717, 1.165) is 0 Å². The summed E-state index contributed by atoms with van der Waals surface area (Å²) in [4.78, 5) is 24.6. The van der Waals surface area contributed by atoms with Gasteiger partial charge in [-0.1, -0.05) is 81.7 Å². The van der Waals surface area contributed by atoms with Crippen molar-refractivity contribution in [3.05, 3.63) is 41.5 Å². The first-order chi connectivity index (χ1) is 15.3. The van der Waals surface area contributed by atoms with Crippen molar-refractivity contribution in [3.8, 4) is 11.4 Å². The zero-order chi connectivity index (χ0) is 24.9. The summed E-state index contributed by atoms with van der Waals surface area (Å²) >= 11 is 35.3. The molecule has 0 aliphatic rings. The number of rotatable bonds is 9. The number of carbonyl (C=O) groups excluding carboxylic acids is 1. The number of amides is 1. The molecule has 8 nitrogen and oxygen atoms in total. The second-order valence-electron chi connectivity index (χ2n) is 6.94. The summed E-state index contributed by atoms with van der Waals surface area (Å²) < 4.78 is 1.35. The summed E-state index contributed by atoms with van der Waals surface area (Å²) in [6.45, 7) is 0.353. The number of aliphatic hydroxyl groups is 2. The molecule has 0 atom stereocenters. The molecule has 0 spiro atoms. The summed E-state index contributed by atoms with van der Waals surface area (Å²) in [5.41, 5.74) is 0.859. The van der Waals surface area contributed by atoms with Crippen molar-refractivity contribution < 1.29 is 19.4 Å². The molecule has 3 N–H and O–H groups in total. The fraction of sp³-hybridized carbons (Fsp3) is 0.444. The van der Waals surface area contributed by atoms with Gasteiger partial charge in [0.15, 0.2) is 17.5 Å². The van der Waals surface area contributed by atoms with Crippen LogP contribution in [-0.4, -0.2) is 65.5 Å². The highest BCUT2D eigenvalue weighted by Gasteiger charge is 2.34. The molecule has 0 radical (unpaired) electrons. The predicted molar refractivity (Wildman–Crippen MR) is 132 cm³/mol. The van der Waals surface area contributed by atoms with E-state index in [1.165, 1.54) is 7.11 Å². The third kappa shape index (κ3) is 8.03. The zero-order valence-electron chi connectivity index (χ0n) is 17.2. The van der Waals surface area contributed by atoms with Gasteiger partial charge in [0.25, 0.3) is 5.91 Å². The van der Waals surface area contributed by atoms with Gasteiger partial charge in [0.2, 0.25) is 15.9 Å². The van der Waals surface area contributed by atoms with Crippen LogP contribution in [0.1, 0.15) is 28.4 Å². The van der Waals surface area contributed by atoms with Crippen molar-refractivity contribution in [2.24, 2.45) is 0 Å². The predicted octanol–water partition coefficient (Wildman–Crippen LogP) is 3.97. The zero-order valence-corrected chi connectivity index (χ0v) is 22.7. The van der Waals surface area contributed by atoms with E-state index in [1.807, 2.05) is 0 Å². The molecule has 1 amide bonds. The van der Waals surface area contributed by atoms with E-state index in [-0.39, 0.29) is 35.8 Å². The molecule has 15 heteroatoms. The molecule has 0 fully saturated rings. The summed E-state index contributed by atoms with van der Waals surface area (Å²) in [6, 6.07) is 6.82. The van der Waals surface area contributed by atoms with E-state index in [4.69, 9.17) is 74.0 Å². The number of aromatic nitrogens is 3. The Bertz CT molecular complexity index is 912. The Balaban J connectivity index is 2.13. The Hall–Kier alpha value is -0.463. The van der Waals surface area contributed by atoms with E-state index in [0.29, 0.717) is 30.1 Å². The van der Waals surface area contributed by atoms with E-state index >= 15 is 0 Å². The number of hydrogen-bond donors (Lipinski definition) is 3. The van der Waals surface area contributed by atoms with Crippen molar-refractivity contribution in [3.63, 3.8) is 0 Å². The molecular weight excluding hydrogens is 577 g/mol. The van der Waals surface area contributed by atoms with Crippen LogP contribution in [0, 0.1) is 0 Å². The van der Waals surface area contributed by atoms with Crippen LogP contribution >= 0.6 is 69.6 Å². The smallest absolute Gasteiger partial charge is 0.251 e. The van der Waals surface area contributed by atoms with Crippen LogP contribution in [0.3, 0.4) is 0 Å². The van der Waals surface area contributed by atoms with E-state index in [1.54, 1.807) is 24.3 Å². The lowest BCUT2D eigenvalue weighted by molar-refractivity contribution is 0.0953. The molecule has 182 valence electrons. The molecule has 2 aromatic rings. The third-order valence-corrected chi connectivity index (χ3v) is 8.95. The number of halogens is 6. The van der Waals surface area contributed by atoms with Gasteiger partial charge < -0.3 is 20.0 Å². The molecule has 0 saturated heterocycles. The summed E-state index contributed by atoms with van der Waals surface area (Å²) in [7, 11) is -1.10. The van der Waals surface area contributed by atoms with Crippen LogP contribution in [0.15, 0.2) is 24.3 Å². The van der Waals surface area contributed by atoms with Crippen molar-refractivity contribution in [1.29, 1.82) is 0 Å². The summed E-state index contributed by atoms with van der Waals surface area (Å²) in [6.07, 6.45) is 0.175. The molecule has 1 aromatic heterocycles. The second-order valence-corrected chi connectivity index (χ2v) is 15.4. The Kier molecular flexibility index (Phi) is 10.4. The van der Waals surface area contributed by atoms with Crippen LogP contribution in [0.4, 0.5) is 0 Å². The first-order valence-corrected chi connectivity index (χ1v) is 14.2. The van der Waals surface area contributed by atoms with Gasteiger partial charge in [0.05, 0.1) is 12.5 Å². The highest BCUT2D eigenvalue weighted by molar-refractivity contribution is 6.73. The number of hydrogen-bond acceptors (Lipinski definition) is 7.